The molecule has 0 radical (unpaired) electrons. The minimum absolute atomic E-state index is 0.309. The molecule has 0 fully saturated rings. The van der Waals surface area contributed by atoms with E-state index in [1.807, 2.05) is 6.92 Å². The molecule has 0 bridgehead atoms. The fourth-order valence-electron chi connectivity index (χ4n) is 1.60. The second-order valence-corrected chi connectivity index (χ2v) is 5.67. The molecule has 0 saturated heterocycles. The Morgan fingerprint density at radius 2 is 1.59 bits per heavy atom. The molecule has 0 aromatic carbocycles. The normalized spacial score (nSPS) is 17.5. The summed E-state index contributed by atoms with van der Waals surface area (Å²) in [7, 11) is 0. The highest BCUT2D eigenvalue weighted by atomic mass is 16.4. The van der Waals surface area contributed by atoms with Crippen molar-refractivity contribution in [1.29, 1.82) is 0 Å². The summed E-state index contributed by atoms with van der Waals surface area (Å²) in [5.41, 5.74) is -1.06. The molecule has 17 heavy (non-hydrogen) atoms. The Morgan fingerprint density at radius 3 is 2.00 bits per heavy atom. The standard InChI is InChI=1S/C13H26O4/c1-9(5-7-10(2)12(15)16)6-8-11(14)13(3,4)17/h9-11,14,17H,5-8H2,1-4H3,(H,15,16). The molecule has 4 heteroatoms. The Hall–Kier alpha value is -0.610. The van der Waals surface area contributed by atoms with Gasteiger partial charge in [0.05, 0.1) is 17.6 Å². The van der Waals surface area contributed by atoms with Crippen LogP contribution in [0.4, 0.5) is 0 Å². The van der Waals surface area contributed by atoms with Gasteiger partial charge < -0.3 is 15.3 Å². The van der Waals surface area contributed by atoms with Gasteiger partial charge in [0.1, 0.15) is 0 Å². The molecular formula is C13H26O4. The van der Waals surface area contributed by atoms with Gasteiger partial charge in [0.15, 0.2) is 0 Å². The van der Waals surface area contributed by atoms with Crippen LogP contribution in [-0.4, -0.2) is 33.0 Å². The molecule has 0 aliphatic rings. The molecule has 0 saturated carbocycles. The largest absolute Gasteiger partial charge is 0.481 e. The molecule has 0 aliphatic heterocycles. The van der Waals surface area contributed by atoms with Crippen molar-refractivity contribution in [2.75, 3.05) is 0 Å². The number of carboxylic acids is 1. The first-order valence-corrected chi connectivity index (χ1v) is 6.27. The van der Waals surface area contributed by atoms with Crippen LogP contribution in [0.3, 0.4) is 0 Å². The monoisotopic (exact) mass is 246 g/mol. The third kappa shape index (κ3) is 7.34. The van der Waals surface area contributed by atoms with Crippen LogP contribution in [0.2, 0.25) is 0 Å². The lowest BCUT2D eigenvalue weighted by atomic mass is 9.90. The Bertz CT molecular complexity index is 232. The van der Waals surface area contributed by atoms with Gasteiger partial charge in [0.25, 0.3) is 0 Å². The van der Waals surface area contributed by atoms with Gasteiger partial charge >= 0.3 is 5.97 Å². The lowest BCUT2D eigenvalue weighted by Crippen LogP contribution is -2.35. The zero-order chi connectivity index (χ0) is 13.6. The number of carbonyl (C=O) groups is 1. The van der Waals surface area contributed by atoms with E-state index in [0.717, 1.165) is 12.8 Å². The highest BCUT2D eigenvalue weighted by molar-refractivity contribution is 5.69. The second kappa shape index (κ2) is 6.97. The van der Waals surface area contributed by atoms with Crippen molar-refractivity contribution in [2.24, 2.45) is 11.8 Å². The van der Waals surface area contributed by atoms with Crippen molar-refractivity contribution >= 4 is 5.97 Å². The summed E-state index contributed by atoms with van der Waals surface area (Å²) < 4.78 is 0. The Balaban J connectivity index is 3.81. The number of aliphatic hydroxyl groups excluding tert-OH is 1. The topological polar surface area (TPSA) is 77.8 Å². The summed E-state index contributed by atoms with van der Waals surface area (Å²) in [5.74, 6) is -0.695. The Morgan fingerprint density at radius 1 is 1.12 bits per heavy atom. The van der Waals surface area contributed by atoms with Gasteiger partial charge in [-0.2, -0.15) is 0 Å². The van der Waals surface area contributed by atoms with E-state index in [9.17, 15) is 15.0 Å². The molecule has 0 rings (SSSR count). The van der Waals surface area contributed by atoms with Gasteiger partial charge in [-0.05, 0) is 45.4 Å². The van der Waals surface area contributed by atoms with E-state index < -0.39 is 17.7 Å². The molecule has 3 unspecified atom stereocenters. The maximum absolute atomic E-state index is 10.6. The second-order valence-electron chi connectivity index (χ2n) is 5.67. The van der Waals surface area contributed by atoms with Crippen LogP contribution in [0.5, 0.6) is 0 Å². The van der Waals surface area contributed by atoms with Crippen molar-refractivity contribution in [2.45, 2.75) is 65.1 Å². The van der Waals surface area contributed by atoms with Crippen LogP contribution in [-0.2, 0) is 4.79 Å². The zero-order valence-corrected chi connectivity index (χ0v) is 11.3. The fraction of sp³-hybridized carbons (Fsp3) is 0.923. The highest BCUT2D eigenvalue weighted by Gasteiger charge is 2.24. The first-order chi connectivity index (χ1) is 7.64. The van der Waals surface area contributed by atoms with Crippen molar-refractivity contribution in [3.8, 4) is 0 Å². The average molecular weight is 246 g/mol. The third-order valence-electron chi connectivity index (χ3n) is 3.26. The molecule has 0 amide bonds. The predicted molar refractivity (Wildman–Crippen MR) is 66.7 cm³/mol. The Kier molecular flexibility index (Phi) is 6.72. The van der Waals surface area contributed by atoms with Gasteiger partial charge in [-0.3, -0.25) is 4.79 Å². The lowest BCUT2D eigenvalue weighted by molar-refractivity contribution is -0.141. The number of hydrogen-bond donors (Lipinski definition) is 3. The van der Waals surface area contributed by atoms with Crippen LogP contribution in [0.1, 0.15) is 53.4 Å². The SMILES string of the molecule is CC(CCC(C)C(=O)O)CCC(O)C(C)(C)O. The van der Waals surface area contributed by atoms with Crippen LogP contribution in [0.15, 0.2) is 0 Å². The number of rotatable bonds is 8. The van der Waals surface area contributed by atoms with Gasteiger partial charge in [-0.1, -0.05) is 13.8 Å². The van der Waals surface area contributed by atoms with E-state index in [1.54, 1.807) is 20.8 Å². The summed E-state index contributed by atoms with van der Waals surface area (Å²) in [6.07, 6.45) is 2.13. The molecule has 0 spiro atoms. The van der Waals surface area contributed by atoms with Crippen LogP contribution in [0, 0.1) is 11.8 Å². The highest BCUT2D eigenvalue weighted by Crippen LogP contribution is 2.21. The van der Waals surface area contributed by atoms with E-state index in [-0.39, 0.29) is 5.92 Å². The van der Waals surface area contributed by atoms with Crippen LogP contribution >= 0.6 is 0 Å². The molecule has 0 aromatic heterocycles. The molecule has 0 aliphatic carbocycles. The predicted octanol–water partition coefficient (Wildman–Crippen LogP) is 2.04. The number of hydrogen-bond acceptors (Lipinski definition) is 3. The van der Waals surface area contributed by atoms with E-state index in [2.05, 4.69) is 0 Å². The first-order valence-electron chi connectivity index (χ1n) is 6.27. The smallest absolute Gasteiger partial charge is 0.306 e. The molecule has 0 heterocycles. The summed E-state index contributed by atoms with van der Waals surface area (Å²) in [6.45, 7) is 6.94. The maximum Gasteiger partial charge on any atom is 0.306 e. The van der Waals surface area contributed by atoms with Crippen molar-refractivity contribution < 1.29 is 20.1 Å². The number of aliphatic carboxylic acids is 1. The molecule has 102 valence electrons. The molecule has 0 aromatic rings. The minimum atomic E-state index is -1.06. The fourth-order valence-corrected chi connectivity index (χ4v) is 1.60. The van der Waals surface area contributed by atoms with Crippen molar-refractivity contribution in [3.05, 3.63) is 0 Å². The van der Waals surface area contributed by atoms with Gasteiger partial charge in [-0.15, -0.1) is 0 Å². The summed E-state index contributed by atoms with van der Waals surface area (Å²) >= 11 is 0. The van der Waals surface area contributed by atoms with Crippen LogP contribution < -0.4 is 0 Å². The van der Waals surface area contributed by atoms with Gasteiger partial charge in [-0.25, -0.2) is 0 Å². The first kappa shape index (κ1) is 16.4. The number of carboxylic acid groups (broad SMARTS) is 1. The lowest BCUT2D eigenvalue weighted by Gasteiger charge is -2.25. The van der Waals surface area contributed by atoms with Gasteiger partial charge in [0.2, 0.25) is 0 Å². The minimum Gasteiger partial charge on any atom is -0.481 e. The summed E-state index contributed by atoms with van der Waals surface area (Å²) in [5, 5.41) is 28.0. The summed E-state index contributed by atoms with van der Waals surface area (Å²) in [6, 6.07) is 0. The van der Waals surface area contributed by atoms with Crippen molar-refractivity contribution in [1.82, 2.24) is 0 Å². The molecule has 3 atom stereocenters. The molecular weight excluding hydrogens is 220 g/mol. The third-order valence-corrected chi connectivity index (χ3v) is 3.26. The average Bonchev–Trinajstić information content (AvgIpc) is 2.20. The Labute approximate surface area is 104 Å². The van der Waals surface area contributed by atoms with E-state index in [0.29, 0.717) is 18.8 Å². The summed E-state index contributed by atoms with van der Waals surface area (Å²) in [4.78, 5) is 10.6. The number of aliphatic hydroxyl groups is 2. The van der Waals surface area contributed by atoms with Gasteiger partial charge in [0, 0.05) is 0 Å². The van der Waals surface area contributed by atoms with E-state index >= 15 is 0 Å². The van der Waals surface area contributed by atoms with E-state index in [4.69, 9.17) is 5.11 Å². The molecule has 4 nitrogen and oxygen atoms in total. The molecule has 3 N–H and O–H groups in total. The quantitative estimate of drug-likeness (QED) is 0.612. The van der Waals surface area contributed by atoms with Crippen LogP contribution in [0.25, 0.3) is 0 Å². The maximum atomic E-state index is 10.6. The van der Waals surface area contributed by atoms with Crippen molar-refractivity contribution in [3.63, 3.8) is 0 Å². The van der Waals surface area contributed by atoms with E-state index in [1.165, 1.54) is 0 Å². The zero-order valence-electron chi connectivity index (χ0n) is 11.3.